The van der Waals surface area contributed by atoms with Gasteiger partial charge in [0, 0.05) is 6.42 Å². The summed E-state index contributed by atoms with van der Waals surface area (Å²) in [4.78, 5) is 22.0. The molecule has 5 heteroatoms. The first-order chi connectivity index (χ1) is 9.59. The quantitative estimate of drug-likeness (QED) is 0.533. The van der Waals surface area contributed by atoms with Gasteiger partial charge in [0.1, 0.15) is 12.6 Å². The molecule has 3 N–H and O–H groups in total. The Morgan fingerprint density at radius 1 is 1.15 bits per heavy atom. The summed E-state index contributed by atoms with van der Waals surface area (Å²) in [7, 11) is 0. The van der Waals surface area contributed by atoms with E-state index in [0.29, 0.717) is 32.3 Å². The molecule has 0 aromatic heterocycles. The lowest BCUT2D eigenvalue weighted by Crippen LogP contribution is -2.29. The van der Waals surface area contributed by atoms with Crippen LogP contribution in [0.2, 0.25) is 0 Å². The average molecular weight is 279 g/mol. The van der Waals surface area contributed by atoms with Gasteiger partial charge in [-0.05, 0) is 18.4 Å². The van der Waals surface area contributed by atoms with Crippen molar-refractivity contribution in [3.63, 3.8) is 0 Å². The van der Waals surface area contributed by atoms with E-state index in [1.807, 2.05) is 30.3 Å². The second-order valence-corrected chi connectivity index (χ2v) is 4.69. The van der Waals surface area contributed by atoms with E-state index in [1.54, 1.807) is 0 Å². The fraction of sp³-hybridized carbons (Fsp3) is 0.467. The van der Waals surface area contributed by atoms with Crippen LogP contribution < -0.4 is 5.73 Å². The lowest BCUT2D eigenvalue weighted by Gasteiger charge is -2.06. The molecule has 0 amide bonds. The van der Waals surface area contributed by atoms with Crippen molar-refractivity contribution in [2.75, 3.05) is 0 Å². The van der Waals surface area contributed by atoms with Crippen LogP contribution in [0, 0.1) is 0 Å². The number of nitrogens with two attached hydrogens (primary N) is 1. The Morgan fingerprint density at radius 3 is 2.50 bits per heavy atom. The molecule has 0 bridgehead atoms. The number of aliphatic carboxylic acids is 1. The Kier molecular flexibility index (Phi) is 7.35. The zero-order valence-corrected chi connectivity index (χ0v) is 11.5. The predicted molar refractivity (Wildman–Crippen MR) is 74.9 cm³/mol. The number of unbranched alkanes of at least 4 members (excludes halogenated alkanes) is 2. The van der Waals surface area contributed by atoms with Crippen LogP contribution in [-0.4, -0.2) is 23.1 Å². The van der Waals surface area contributed by atoms with Crippen LogP contribution in [0.15, 0.2) is 30.3 Å². The molecule has 1 rings (SSSR count). The minimum atomic E-state index is -0.979. The van der Waals surface area contributed by atoms with E-state index < -0.39 is 12.0 Å². The fourth-order valence-corrected chi connectivity index (χ4v) is 1.74. The first kappa shape index (κ1) is 16.2. The van der Waals surface area contributed by atoms with E-state index in [2.05, 4.69) is 0 Å². The largest absolute Gasteiger partial charge is 0.480 e. The minimum absolute atomic E-state index is 0.226. The maximum atomic E-state index is 11.5. The van der Waals surface area contributed by atoms with Crippen molar-refractivity contribution in [3.05, 3.63) is 35.9 Å². The van der Waals surface area contributed by atoms with Crippen molar-refractivity contribution < 1.29 is 19.4 Å². The smallest absolute Gasteiger partial charge is 0.320 e. The number of esters is 1. The summed E-state index contributed by atoms with van der Waals surface area (Å²) in [6.07, 6.45) is 2.98. The third-order valence-corrected chi connectivity index (χ3v) is 2.96. The summed E-state index contributed by atoms with van der Waals surface area (Å²) in [5.74, 6) is -1.20. The van der Waals surface area contributed by atoms with Crippen molar-refractivity contribution in [2.24, 2.45) is 5.73 Å². The van der Waals surface area contributed by atoms with E-state index in [9.17, 15) is 9.59 Å². The molecule has 0 fully saturated rings. The minimum Gasteiger partial charge on any atom is -0.480 e. The number of benzene rings is 1. The first-order valence-corrected chi connectivity index (χ1v) is 6.77. The molecule has 0 radical (unpaired) electrons. The van der Waals surface area contributed by atoms with E-state index >= 15 is 0 Å². The van der Waals surface area contributed by atoms with Gasteiger partial charge in [-0.1, -0.05) is 43.2 Å². The molecule has 0 aliphatic heterocycles. The summed E-state index contributed by atoms with van der Waals surface area (Å²) < 4.78 is 5.14. The second kappa shape index (κ2) is 9.09. The number of hydrogen-bond acceptors (Lipinski definition) is 4. The molecule has 20 heavy (non-hydrogen) atoms. The number of ether oxygens (including phenoxy) is 1. The highest BCUT2D eigenvalue weighted by Crippen LogP contribution is 2.07. The third kappa shape index (κ3) is 6.89. The summed E-state index contributed by atoms with van der Waals surface area (Å²) in [6.45, 7) is 0.295. The Balaban J connectivity index is 2.05. The van der Waals surface area contributed by atoms with E-state index in [-0.39, 0.29) is 5.97 Å². The van der Waals surface area contributed by atoms with Gasteiger partial charge in [-0.15, -0.1) is 0 Å². The van der Waals surface area contributed by atoms with Crippen molar-refractivity contribution >= 4 is 11.9 Å². The van der Waals surface area contributed by atoms with Crippen LogP contribution in [-0.2, 0) is 20.9 Å². The van der Waals surface area contributed by atoms with Crippen LogP contribution in [0.25, 0.3) is 0 Å². The van der Waals surface area contributed by atoms with E-state index in [4.69, 9.17) is 15.6 Å². The first-order valence-electron chi connectivity index (χ1n) is 6.77. The Bertz CT molecular complexity index is 419. The van der Waals surface area contributed by atoms with Crippen LogP contribution >= 0.6 is 0 Å². The summed E-state index contributed by atoms with van der Waals surface area (Å²) >= 11 is 0. The van der Waals surface area contributed by atoms with Crippen LogP contribution in [0.5, 0.6) is 0 Å². The molecule has 1 atom stereocenters. The number of rotatable bonds is 9. The van der Waals surface area contributed by atoms with Crippen LogP contribution in [0.1, 0.15) is 37.7 Å². The normalized spacial score (nSPS) is 11.8. The molecule has 0 aliphatic carbocycles. The summed E-state index contributed by atoms with van der Waals surface area (Å²) in [5, 5.41) is 8.61. The van der Waals surface area contributed by atoms with Crippen molar-refractivity contribution in [2.45, 2.75) is 44.8 Å². The fourth-order valence-electron chi connectivity index (χ4n) is 1.74. The van der Waals surface area contributed by atoms with Crippen LogP contribution in [0.3, 0.4) is 0 Å². The molecule has 1 aromatic rings. The Morgan fingerprint density at radius 2 is 1.85 bits per heavy atom. The topological polar surface area (TPSA) is 89.6 Å². The molecule has 0 spiro atoms. The monoisotopic (exact) mass is 279 g/mol. The van der Waals surface area contributed by atoms with Crippen molar-refractivity contribution in [1.29, 1.82) is 0 Å². The number of hydrogen-bond donors (Lipinski definition) is 2. The molecule has 0 saturated heterocycles. The van der Waals surface area contributed by atoms with Crippen molar-refractivity contribution in [1.82, 2.24) is 0 Å². The number of carboxylic acids is 1. The van der Waals surface area contributed by atoms with Gasteiger partial charge >= 0.3 is 11.9 Å². The number of carboxylic acid groups (broad SMARTS) is 1. The van der Waals surface area contributed by atoms with Crippen molar-refractivity contribution in [3.8, 4) is 0 Å². The summed E-state index contributed by atoms with van der Waals surface area (Å²) in [5.41, 5.74) is 6.35. The van der Waals surface area contributed by atoms with Gasteiger partial charge in [-0.3, -0.25) is 9.59 Å². The van der Waals surface area contributed by atoms with Gasteiger partial charge in [-0.2, -0.15) is 0 Å². The zero-order chi connectivity index (χ0) is 14.8. The van der Waals surface area contributed by atoms with E-state index in [0.717, 1.165) is 12.0 Å². The Hall–Kier alpha value is -1.88. The molecule has 5 nitrogen and oxygen atoms in total. The number of carbonyl (C=O) groups excluding carboxylic acids is 1. The van der Waals surface area contributed by atoms with E-state index in [1.165, 1.54) is 0 Å². The average Bonchev–Trinajstić information content (AvgIpc) is 2.45. The molecule has 0 heterocycles. The van der Waals surface area contributed by atoms with Gasteiger partial charge < -0.3 is 15.6 Å². The van der Waals surface area contributed by atoms with Gasteiger partial charge in [-0.25, -0.2) is 0 Å². The van der Waals surface area contributed by atoms with Gasteiger partial charge in [0.05, 0.1) is 0 Å². The lowest BCUT2D eigenvalue weighted by atomic mass is 10.1. The third-order valence-electron chi connectivity index (χ3n) is 2.96. The summed E-state index contributed by atoms with van der Waals surface area (Å²) in [6, 6.07) is 8.71. The maximum Gasteiger partial charge on any atom is 0.320 e. The highest BCUT2D eigenvalue weighted by molar-refractivity contribution is 5.72. The molecular weight excluding hydrogens is 258 g/mol. The standard InChI is InChI=1S/C15H21NO4/c16-13(15(18)19)9-5-2-6-10-14(17)20-11-12-7-3-1-4-8-12/h1,3-4,7-8,13H,2,5-6,9-11,16H2,(H,18,19)/t13-/m0/s1. The molecule has 110 valence electrons. The second-order valence-electron chi connectivity index (χ2n) is 4.69. The zero-order valence-electron chi connectivity index (χ0n) is 11.5. The Labute approximate surface area is 118 Å². The maximum absolute atomic E-state index is 11.5. The highest BCUT2D eigenvalue weighted by atomic mass is 16.5. The SMILES string of the molecule is N[C@@H](CCCCCC(=O)OCc1ccccc1)C(=O)O. The molecule has 0 saturated carbocycles. The molecular formula is C15H21NO4. The van der Waals surface area contributed by atoms with Crippen LogP contribution in [0.4, 0.5) is 0 Å². The molecule has 1 aromatic carbocycles. The number of carbonyl (C=O) groups is 2. The van der Waals surface area contributed by atoms with Gasteiger partial charge in [0.15, 0.2) is 0 Å². The molecule has 0 aliphatic rings. The molecule has 0 unspecified atom stereocenters. The van der Waals surface area contributed by atoms with Gasteiger partial charge in [0.2, 0.25) is 0 Å². The lowest BCUT2D eigenvalue weighted by molar-refractivity contribution is -0.145. The van der Waals surface area contributed by atoms with Gasteiger partial charge in [0.25, 0.3) is 0 Å². The highest BCUT2D eigenvalue weighted by Gasteiger charge is 2.10. The predicted octanol–water partition coefficient (Wildman–Crippen LogP) is 2.09.